The molecule has 2 heterocycles. The number of rotatable bonds is 5. The van der Waals surface area contributed by atoms with E-state index in [1.807, 2.05) is 27.8 Å². The van der Waals surface area contributed by atoms with E-state index in [2.05, 4.69) is 10.1 Å². The first-order valence-corrected chi connectivity index (χ1v) is 8.89. The first kappa shape index (κ1) is 18.8. The summed E-state index contributed by atoms with van der Waals surface area (Å²) in [7, 11) is 1.88. The Bertz CT molecular complexity index is 1030. The van der Waals surface area contributed by atoms with Gasteiger partial charge in [0, 0.05) is 23.7 Å². The van der Waals surface area contributed by atoms with Gasteiger partial charge in [-0.25, -0.2) is 4.98 Å². The van der Waals surface area contributed by atoms with Crippen molar-refractivity contribution in [3.8, 4) is 5.75 Å². The fraction of sp³-hybridized carbons (Fsp3) is 0.333. The highest BCUT2D eigenvalue weighted by atomic mass is 16.5. The second kappa shape index (κ2) is 7.31. The Morgan fingerprint density at radius 1 is 1.07 bits per heavy atom. The minimum absolute atomic E-state index is 0.0209. The Labute approximate surface area is 158 Å². The van der Waals surface area contributed by atoms with Crippen molar-refractivity contribution in [1.29, 1.82) is 0 Å². The van der Waals surface area contributed by atoms with Gasteiger partial charge in [0.25, 0.3) is 0 Å². The maximum absolute atomic E-state index is 12.2. The van der Waals surface area contributed by atoms with Gasteiger partial charge in [-0.1, -0.05) is 0 Å². The minimum atomic E-state index is -0.313. The van der Waals surface area contributed by atoms with E-state index in [0.717, 1.165) is 33.5 Å². The second-order valence-electron chi connectivity index (χ2n) is 6.76. The van der Waals surface area contributed by atoms with Gasteiger partial charge in [-0.3, -0.25) is 14.3 Å². The van der Waals surface area contributed by atoms with Gasteiger partial charge in [-0.05, 0) is 69.5 Å². The fourth-order valence-corrected chi connectivity index (χ4v) is 3.40. The van der Waals surface area contributed by atoms with E-state index in [4.69, 9.17) is 4.74 Å². The first-order valence-electron chi connectivity index (χ1n) is 8.89. The van der Waals surface area contributed by atoms with Crippen LogP contribution in [0.5, 0.6) is 5.75 Å². The molecule has 0 aliphatic heterocycles. The molecule has 0 fully saturated rings. The van der Waals surface area contributed by atoms with Crippen LogP contribution in [0.15, 0.2) is 24.3 Å². The molecule has 6 heteroatoms. The highest BCUT2D eigenvalue weighted by Gasteiger charge is 2.16. The summed E-state index contributed by atoms with van der Waals surface area (Å²) in [6.45, 7) is 7.47. The number of ketones is 1. The largest absolute Gasteiger partial charge is 0.427 e. The molecule has 3 aromatic rings. The molecule has 0 saturated carbocycles. The normalized spacial score (nSPS) is 11.0. The van der Waals surface area contributed by atoms with E-state index < -0.39 is 0 Å². The van der Waals surface area contributed by atoms with Gasteiger partial charge < -0.3 is 4.74 Å². The third-order valence-corrected chi connectivity index (χ3v) is 4.80. The van der Waals surface area contributed by atoms with Gasteiger partial charge in [0.2, 0.25) is 0 Å². The molecule has 0 radical (unpaired) electrons. The molecule has 27 heavy (non-hydrogen) atoms. The summed E-state index contributed by atoms with van der Waals surface area (Å²) >= 11 is 0. The van der Waals surface area contributed by atoms with Gasteiger partial charge in [0.1, 0.15) is 5.75 Å². The highest BCUT2D eigenvalue weighted by Crippen LogP contribution is 2.26. The molecule has 1 aromatic carbocycles. The quantitative estimate of drug-likeness (QED) is 0.392. The fourth-order valence-electron chi connectivity index (χ4n) is 3.40. The number of aryl methyl sites for hydroxylation is 4. The number of hydrogen-bond acceptors (Lipinski definition) is 5. The molecule has 6 nitrogen and oxygen atoms in total. The van der Waals surface area contributed by atoms with E-state index in [1.165, 1.54) is 6.92 Å². The summed E-state index contributed by atoms with van der Waals surface area (Å²) in [5.74, 6) is 0.106. The molecule has 0 N–H and O–H groups in total. The molecule has 0 aliphatic carbocycles. The van der Waals surface area contributed by atoms with Gasteiger partial charge >= 0.3 is 5.97 Å². The van der Waals surface area contributed by atoms with Crippen LogP contribution in [0.1, 0.15) is 46.2 Å². The Kier molecular flexibility index (Phi) is 5.08. The van der Waals surface area contributed by atoms with Crippen LogP contribution in [0.4, 0.5) is 0 Å². The van der Waals surface area contributed by atoms with Crippen molar-refractivity contribution < 1.29 is 14.3 Å². The molecule has 2 aromatic heterocycles. The lowest BCUT2D eigenvalue weighted by Crippen LogP contribution is -2.11. The number of benzene rings is 1. The average molecular weight is 365 g/mol. The number of carbonyl (C=O) groups excluding carboxylic acids is 2. The Morgan fingerprint density at radius 2 is 1.74 bits per heavy atom. The van der Waals surface area contributed by atoms with Crippen molar-refractivity contribution in [3.63, 3.8) is 0 Å². The predicted molar refractivity (Wildman–Crippen MR) is 103 cm³/mol. The van der Waals surface area contributed by atoms with E-state index in [-0.39, 0.29) is 18.2 Å². The third kappa shape index (κ3) is 3.74. The molecule has 140 valence electrons. The SMILES string of the molecule is CC(=O)c1ccc(OC(=O)CCc2c(C)nc3c(c(C)nn3C)c2C)cc1. The molecule has 0 amide bonds. The molecular weight excluding hydrogens is 342 g/mol. The zero-order chi connectivity index (χ0) is 19.7. The molecule has 0 aliphatic rings. The van der Waals surface area contributed by atoms with Crippen molar-refractivity contribution in [2.24, 2.45) is 7.05 Å². The average Bonchev–Trinajstić information content (AvgIpc) is 2.89. The lowest BCUT2D eigenvalue weighted by atomic mass is 9.99. The zero-order valence-corrected chi connectivity index (χ0v) is 16.3. The molecular formula is C21H23N3O3. The van der Waals surface area contributed by atoms with E-state index in [0.29, 0.717) is 17.7 Å². The first-order chi connectivity index (χ1) is 12.8. The topological polar surface area (TPSA) is 74.1 Å². The van der Waals surface area contributed by atoms with Gasteiger partial charge in [-0.15, -0.1) is 0 Å². The lowest BCUT2D eigenvalue weighted by molar-refractivity contribution is -0.134. The molecule has 0 atom stereocenters. The third-order valence-electron chi connectivity index (χ3n) is 4.80. The maximum Gasteiger partial charge on any atom is 0.311 e. The van der Waals surface area contributed by atoms with Gasteiger partial charge in [0.05, 0.1) is 12.1 Å². The number of pyridine rings is 1. The number of esters is 1. The van der Waals surface area contributed by atoms with Crippen molar-refractivity contribution in [1.82, 2.24) is 14.8 Å². The minimum Gasteiger partial charge on any atom is -0.427 e. The monoisotopic (exact) mass is 365 g/mol. The van der Waals surface area contributed by atoms with E-state index >= 15 is 0 Å². The highest BCUT2D eigenvalue weighted by molar-refractivity contribution is 5.94. The van der Waals surface area contributed by atoms with Crippen molar-refractivity contribution >= 4 is 22.8 Å². The number of hydrogen-bond donors (Lipinski definition) is 0. The maximum atomic E-state index is 12.2. The van der Waals surface area contributed by atoms with Gasteiger partial charge in [-0.2, -0.15) is 5.10 Å². The number of aromatic nitrogens is 3. The van der Waals surface area contributed by atoms with Gasteiger partial charge in [0.15, 0.2) is 11.4 Å². The Balaban J connectivity index is 1.73. The standard InChI is InChI=1S/C21H23N3O3/c1-12-18(13(2)22-21-20(12)14(3)23-24(21)5)10-11-19(26)27-17-8-6-16(7-9-17)15(4)25/h6-9H,10-11H2,1-5H3. The van der Waals surface area contributed by atoms with Crippen molar-refractivity contribution in [2.45, 2.75) is 40.5 Å². The molecule has 0 unspecified atom stereocenters. The van der Waals surface area contributed by atoms with E-state index in [1.54, 1.807) is 28.9 Å². The molecule has 0 bridgehead atoms. The van der Waals surface area contributed by atoms with Crippen molar-refractivity contribution in [2.75, 3.05) is 0 Å². The van der Waals surface area contributed by atoms with Crippen LogP contribution < -0.4 is 4.74 Å². The number of nitrogens with zero attached hydrogens (tertiary/aromatic N) is 3. The summed E-state index contributed by atoms with van der Waals surface area (Å²) in [5.41, 5.74) is 5.46. The lowest BCUT2D eigenvalue weighted by Gasteiger charge is -2.11. The smallest absolute Gasteiger partial charge is 0.311 e. The Hall–Kier alpha value is -3.02. The number of ether oxygens (including phenoxy) is 1. The van der Waals surface area contributed by atoms with Crippen LogP contribution >= 0.6 is 0 Å². The van der Waals surface area contributed by atoms with Crippen LogP contribution in [0.2, 0.25) is 0 Å². The summed E-state index contributed by atoms with van der Waals surface area (Å²) in [4.78, 5) is 28.2. The van der Waals surface area contributed by atoms with Crippen molar-refractivity contribution in [3.05, 3.63) is 52.3 Å². The van der Waals surface area contributed by atoms with Crippen LogP contribution in [-0.2, 0) is 18.3 Å². The Morgan fingerprint density at radius 3 is 2.37 bits per heavy atom. The number of fused-ring (bicyclic) bond motifs is 1. The molecule has 0 spiro atoms. The summed E-state index contributed by atoms with van der Waals surface area (Å²) in [5, 5.41) is 5.49. The summed E-state index contributed by atoms with van der Waals surface area (Å²) in [6.07, 6.45) is 0.807. The number of Topliss-reactive ketones (excluding diaryl/α,β-unsaturated/α-hetero) is 1. The summed E-state index contributed by atoms with van der Waals surface area (Å²) < 4.78 is 7.16. The molecule has 3 rings (SSSR count). The van der Waals surface area contributed by atoms with E-state index in [9.17, 15) is 9.59 Å². The van der Waals surface area contributed by atoms with Crippen LogP contribution in [-0.4, -0.2) is 26.5 Å². The zero-order valence-electron chi connectivity index (χ0n) is 16.3. The predicted octanol–water partition coefficient (Wildman–Crippen LogP) is 3.63. The van der Waals surface area contributed by atoms with Crippen LogP contribution in [0.3, 0.4) is 0 Å². The summed E-state index contributed by atoms with van der Waals surface area (Å²) in [6, 6.07) is 6.58. The second-order valence-corrected chi connectivity index (χ2v) is 6.76. The number of carbonyl (C=O) groups is 2. The molecule has 0 saturated heterocycles. The van der Waals surface area contributed by atoms with Crippen LogP contribution in [0.25, 0.3) is 11.0 Å². The van der Waals surface area contributed by atoms with Crippen LogP contribution in [0, 0.1) is 20.8 Å².